The van der Waals surface area contributed by atoms with Crippen LogP contribution in [-0.2, 0) is 31.5 Å². The zero-order valence-corrected chi connectivity index (χ0v) is 27.2. The summed E-state index contributed by atoms with van der Waals surface area (Å²) in [5.74, 6) is -0.394. The van der Waals surface area contributed by atoms with Crippen LogP contribution in [0.25, 0.3) is 0 Å². The van der Waals surface area contributed by atoms with Crippen LogP contribution in [-0.4, -0.2) is 47.9 Å². The van der Waals surface area contributed by atoms with E-state index in [4.69, 9.17) is 13.7 Å². The molecule has 0 spiro atoms. The van der Waals surface area contributed by atoms with Crippen LogP contribution in [0.3, 0.4) is 0 Å². The zero-order chi connectivity index (χ0) is 27.9. The summed E-state index contributed by atoms with van der Waals surface area (Å²) in [6.07, 6.45) is 3.67. The maximum absolute atomic E-state index is 13.5. The average molecular weight is 536 g/mol. The van der Waals surface area contributed by atoms with Gasteiger partial charge in [0.2, 0.25) is 0 Å². The highest BCUT2D eigenvalue weighted by Gasteiger charge is 2.42. The molecular formula is C29H53NO4Si2. The van der Waals surface area contributed by atoms with Gasteiger partial charge in [0.25, 0.3) is 5.91 Å². The van der Waals surface area contributed by atoms with Crippen LogP contribution in [0.2, 0.25) is 36.3 Å². The molecule has 1 rings (SSSR count). The van der Waals surface area contributed by atoms with Gasteiger partial charge in [0.15, 0.2) is 16.6 Å². The minimum atomic E-state index is -2.10. The molecule has 206 valence electrons. The molecule has 0 N–H and O–H groups in total. The molecule has 1 aromatic rings. The minimum Gasteiger partial charge on any atom is -0.413 e. The number of benzene rings is 1. The summed E-state index contributed by atoms with van der Waals surface area (Å²) in [5, 5.41) is 1.53. The molecule has 0 radical (unpaired) electrons. The van der Waals surface area contributed by atoms with Crippen LogP contribution in [0.4, 0.5) is 0 Å². The Labute approximate surface area is 223 Å². The highest BCUT2D eigenvalue weighted by atomic mass is 28.4. The second kappa shape index (κ2) is 13.0. The fourth-order valence-corrected chi connectivity index (χ4v) is 5.85. The van der Waals surface area contributed by atoms with Gasteiger partial charge in [-0.1, -0.05) is 71.9 Å². The Balaban J connectivity index is 3.23. The Morgan fingerprint density at radius 3 is 2.00 bits per heavy atom. The van der Waals surface area contributed by atoms with Crippen LogP contribution < -0.4 is 0 Å². The van der Waals surface area contributed by atoms with E-state index in [1.807, 2.05) is 6.08 Å². The first-order valence-electron chi connectivity index (χ1n) is 13.2. The van der Waals surface area contributed by atoms with E-state index in [0.29, 0.717) is 19.4 Å². The third-order valence-electron chi connectivity index (χ3n) is 8.24. The molecule has 0 aliphatic heterocycles. The van der Waals surface area contributed by atoms with E-state index in [9.17, 15) is 4.79 Å². The second-order valence-electron chi connectivity index (χ2n) is 12.9. The first kappa shape index (κ1) is 32.8. The van der Waals surface area contributed by atoms with Crippen molar-refractivity contribution in [1.29, 1.82) is 0 Å². The molecule has 7 heteroatoms. The first-order chi connectivity index (χ1) is 16.4. The Morgan fingerprint density at radius 1 is 1.00 bits per heavy atom. The van der Waals surface area contributed by atoms with Gasteiger partial charge in [-0.2, -0.15) is 0 Å². The van der Waals surface area contributed by atoms with E-state index in [1.165, 1.54) is 23.3 Å². The Bertz CT molecular complexity index is 856. The maximum Gasteiger partial charge on any atom is 0.251 e. The van der Waals surface area contributed by atoms with E-state index < -0.39 is 16.6 Å². The molecule has 0 aliphatic carbocycles. The minimum absolute atomic E-state index is 0.0425. The summed E-state index contributed by atoms with van der Waals surface area (Å²) >= 11 is 0. The number of aryl methyl sites for hydroxylation is 1. The molecule has 0 bridgehead atoms. The van der Waals surface area contributed by atoms with Crippen LogP contribution in [0.15, 0.2) is 36.9 Å². The fraction of sp³-hybridized carbons (Fsp3) is 0.690. The first-order valence-corrected chi connectivity index (χ1v) is 19.0. The lowest BCUT2D eigenvalue weighted by Crippen LogP contribution is -2.48. The molecule has 1 aromatic carbocycles. The maximum atomic E-state index is 13.5. The van der Waals surface area contributed by atoms with Gasteiger partial charge in [-0.3, -0.25) is 9.63 Å². The smallest absolute Gasteiger partial charge is 0.251 e. The molecule has 0 aromatic heterocycles. The van der Waals surface area contributed by atoms with Gasteiger partial charge < -0.3 is 8.85 Å². The van der Waals surface area contributed by atoms with Crippen molar-refractivity contribution in [1.82, 2.24) is 5.06 Å². The molecule has 0 saturated carbocycles. The number of amides is 1. The molecule has 0 unspecified atom stereocenters. The molecule has 0 aliphatic rings. The lowest BCUT2D eigenvalue weighted by Gasteiger charge is -2.41. The number of rotatable bonds is 13. The molecule has 0 heterocycles. The molecular weight excluding hydrogens is 482 g/mol. The van der Waals surface area contributed by atoms with Crippen LogP contribution >= 0.6 is 0 Å². The number of hydrogen-bond acceptors (Lipinski definition) is 4. The van der Waals surface area contributed by atoms with E-state index in [1.54, 1.807) is 7.05 Å². The van der Waals surface area contributed by atoms with Gasteiger partial charge in [-0.15, -0.1) is 6.58 Å². The quantitative estimate of drug-likeness (QED) is 0.147. The van der Waals surface area contributed by atoms with Crippen molar-refractivity contribution < 1.29 is 18.5 Å². The lowest BCUT2D eigenvalue weighted by molar-refractivity contribution is -0.177. The van der Waals surface area contributed by atoms with Gasteiger partial charge in [0, 0.05) is 7.05 Å². The van der Waals surface area contributed by atoms with Crippen molar-refractivity contribution in [3.8, 4) is 0 Å². The Morgan fingerprint density at radius 2 is 1.53 bits per heavy atom. The third-order valence-corrected chi connectivity index (χ3v) is 17.2. The topological polar surface area (TPSA) is 48.0 Å². The summed E-state index contributed by atoms with van der Waals surface area (Å²) in [5.41, 5.74) is 2.41. The lowest BCUT2D eigenvalue weighted by atomic mass is 9.90. The number of carbonyl (C=O) groups is 1. The SMILES string of the molecule is C=CC[C@H](O[Si](C)(C)C(C)(C)C)[C@H](CCc1ccccc1CO[Si](C)(C)C(C)(C)C)C(=O)N(C)OC. The Hall–Kier alpha value is -1.26. The second-order valence-corrected chi connectivity index (χ2v) is 22.5. The number of hydrogen-bond donors (Lipinski definition) is 0. The van der Waals surface area contributed by atoms with Crippen molar-refractivity contribution in [2.24, 2.45) is 5.92 Å². The normalized spacial score (nSPS) is 14.9. The third kappa shape index (κ3) is 8.94. The van der Waals surface area contributed by atoms with Crippen LogP contribution in [0.1, 0.15) is 65.5 Å². The van der Waals surface area contributed by atoms with Crippen LogP contribution in [0, 0.1) is 5.92 Å². The van der Waals surface area contributed by atoms with E-state index in [-0.39, 0.29) is 28.0 Å². The van der Waals surface area contributed by atoms with Crippen LogP contribution in [0.5, 0.6) is 0 Å². The van der Waals surface area contributed by atoms with Gasteiger partial charge >= 0.3 is 0 Å². The average Bonchev–Trinajstić information content (AvgIpc) is 2.76. The van der Waals surface area contributed by atoms with Gasteiger partial charge in [0.1, 0.15) is 0 Å². The van der Waals surface area contributed by atoms with Crippen molar-refractivity contribution in [2.75, 3.05) is 14.2 Å². The zero-order valence-electron chi connectivity index (χ0n) is 25.2. The van der Waals surface area contributed by atoms with Gasteiger partial charge in [0.05, 0.1) is 25.7 Å². The molecule has 36 heavy (non-hydrogen) atoms. The Kier molecular flexibility index (Phi) is 11.8. The van der Waals surface area contributed by atoms with E-state index in [0.717, 1.165) is 6.42 Å². The highest BCUT2D eigenvalue weighted by molar-refractivity contribution is 6.74. The summed E-state index contributed by atoms with van der Waals surface area (Å²) in [4.78, 5) is 18.8. The molecule has 5 nitrogen and oxygen atoms in total. The van der Waals surface area contributed by atoms with Gasteiger partial charge in [-0.05, 0) is 66.7 Å². The molecule has 2 atom stereocenters. The summed E-state index contributed by atoms with van der Waals surface area (Å²) in [7, 11) is -0.773. The van der Waals surface area contributed by atoms with Crippen molar-refractivity contribution in [3.05, 3.63) is 48.0 Å². The fourth-order valence-electron chi connectivity index (χ4n) is 3.53. The van der Waals surface area contributed by atoms with Crippen molar-refractivity contribution in [3.63, 3.8) is 0 Å². The largest absolute Gasteiger partial charge is 0.413 e. The monoisotopic (exact) mass is 535 g/mol. The number of nitrogens with zero attached hydrogens (tertiary/aromatic N) is 1. The van der Waals surface area contributed by atoms with Gasteiger partial charge in [-0.25, -0.2) is 5.06 Å². The summed E-state index contributed by atoms with van der Waals surface area (Å²) in [6.45, 7) is 27.0. The predicted molar refractivity (Wildman–Crippen MR) is 157 cm³/mol. The number of carbonyl (C=O) groups excluding carboxylic acids is 1. The van der Waals surface area contributed by atoms with Crippen molar-refractivity contribution >= 4 is 22.5 Å². The number of hydroxylamine groups is 2. The highest BCUT2D eigenvalue weighted by Crippen LogP contribution is 2.40. The van der Waals surface area contributed by atoms with E-state index >= 15 is 0 Å². The molecule has 1 amide bonds. The summed E-state index contributed by atoms with van der Waals surface area (Å²) in [6, 6.07) is 8.43. The predicted octanol–water partition coefficient (Wildman–Crippen LogP) is 7.74. The van der Waals surface area contributed by atoms with Crippen molar-refractivity contribution in [2.45, 2.75) is 110 Å². The molecule has 0 fully saturated rings. The standard InChI is InChI=1S/C29H53NO4Si2/c1-14-17-26(34-36(12,13)29(5,6)7)25(27(31)30(8)32-9)21-20-23-18-15-16-19-24(23)22-33-35(10,11)28(2,3)4/h14-16,18-19,25-26H,1,17,20-22H2,2-13H3/t25-,26-/m0/s1. The summed E-state index contributed by atoms with van der Waals surface area (Å²) < 4.78 is 13.3. The molecule has 0 saturated heterocycles. The van der Waals surface area contributed by atoms with E-state index in [2.05, 4.69) is 98.6 Å².